The Hall–Kier alpha value is 2.42. The molecule has 0 aliphatic rings. The number of thioether (sulfide) groups is 1. The van der Waals surface area contributed by atoms with E-state index >= 15 is 0 Å². The van der Waals surface area contributed by atoms with Gasteiger partial charge in [0.05, 0.1) is 0 Å². The number of hydrogen-bond acceptors (Lipinski definition) is 3. The summed E-state index contributed by atoms with van der Waals surface area (Å²) in [5, 5.41) is 8.27. The molecule has 1 atom stereocenters. The van der Waals surface area contributed by atoms with Crippen LogP contribution in [-0.2, 0) is 4.79 Å². The average molecular weight is 213 g/mol. The SMILES string of the molecule is CSCC[C@H](N)C(=O)O.[KH].[NaH]. The van der Waals surface area contributed by atoms with Crippen molar-refractivity contribution in [2.24, 2.45) is 5.73 Å². The van der Waals surface area contributed by atoms with Gasteiger partial charge in [-0.2, -0.15) is 11.8 Å². The van der Waals surface area contributed by atoms with Crippen LogP contribution in [0.15, 0.2) is 0 Å². The topological polar surface area (TPSA) is 63.3 Å². The van der Waals surface area contributed by atoms with E-state index in [4.69, 9.17) is 10.8 Å². The van der Waals surface area contributed by atoms with Crippen molar-refractivity contribution in [3.05, 3.63) is 0 Å². The molecule has 0 unspecified atom stereocenters. The first-order valence-corrected chi connectivity index (χ1v) is 4.05. The van der Waals surface area contributed by atoms with E-state index in [1.165, 1.54) is 0 Å². The van der Waals surface area contributed by atoms with Crippen LogP contribution in [0.3, 0.4) is 0 Å². The maximum absolute atomic E-state index is 10.1. The van der Waals surface area contributed by atoms with Crippen LogP contribution in [0.2, 0.25) is 0 Å². The van der Waals surface area contributed by atoms with E-state index in [1.807, 2.05) is 6.26 Å². The molecule has 58 valence electrons. The molecule has 0 amide bonds. The summed E-state index contributed by atoms with van der Waals surface area (Å²) in [6.45, 7) is 0. The van der Waals surface area contributed by atoms with Gasteiger partial charge in [-0.3, -0.25) is 4.79 Å². The summed E-state index contributed by atoms with van der Waals surface area (Å²) in [4.78, 5) is 10.1. The summed E-state index contributed by atoms with van der Waals surface area (Å²) in [5.41, 5.74) is 5.19. The van der Waals surface area contributed by atoms with Crippen LogP contribution in [-0.4, -0.2) is 110 Å². The van der Waals surface area contributed by atoms with E-state index in [-0.39, 0.29) is 80.9 Å². The Kier molecular flexibility index (Phi) is 21.5. The Bertz CT molecular complexity index is 106. The molecule has 0 saturated heterocycles. The molecule has 0 aromatic rings. The Balaban J connectivity index is -0.000000320. The quantitative estimate of drug-likeness (QED) is 0.579. The first-order chi connectivity index (χ1) is 4.18. The van der Waals surface area contributed by atoms with E-state index in [2.05, 4.69) is 0 Å². The van der Waals surface area contributed by atoms with Crippen molar-refractivity contribution in [3.8, 4) is 0 Å². The van der Waals surface area contributed by atoms with Crippen molar-refractivity contribution >= 4 is 98.7 Å². The summed E-state index contributed by atoms with van der Waals surface area (Å²) >= 11 is 1.60. The number of rotatable bonds is 4. The molecule has 0 radical (unpaired) electrons. The van der Waals surface area contributed by atoms with E-state index in [1.54, 1.807) is 11.8 Å². The Morgan fingerprint density at radius 1 is 1.73 bits per heavy atom. The number of carboxylic acids is 1. The standard InChI is InChI=1S/C5H11NO2S.K.Na.2H/c1-9-3-2-4(6)5(7)8;;;;/h4H,2-3,6H2,1H3,(H,7,8);;;;/t4-;;;;/m0..../s1. The summed E-state index contributed by atoms with van der Waals surface area (Å²) in [6.07, 6.45) is 2.48. The Morgan fingerprint density at radius 2 is 2.18 bits per heavy atom. The molecule has 0 fully saturated rings. The van der Waals surface area contributed by atoms with Crippen LogP contribution >= 0.6 is 11.8 Å². The second kappa shape index (κ2) is 12.4. The van der Waals surface area contributed by atoms with E-state index in [9.17, 15) is 4.79 Å². The summed E-state index contributed by atoms with van der Waals surface area (Å²) in [5.74, 6) is -0.1000. The normalized spacial score (nSPS) is 10.7. The van der Waals surface area contributed by atoms with Gasteiger partial charge in [0.15, 0.2) is 0 Å². The molecule has 0 heterocycles. The molecule has 3 N–H and O–H groups in total. The van der Waals surface area contributed by atoms with E-state index < -0.39 is 12.0 Å². The number of hydrogen-bond donors (Lipinski definition) is 2. The zero-order valence-corrected chi connectivity index (χ0v) is 6.15. The number of carboxylic acid groups (broad SMARTS) is 1. The van der Waals surface area contributed by atoms with Crippen molar-refractivity contribution < 1.29 is 9.90 Å². The van der Waals surface area contributed by atoms with E-state index in [0.717, 1.165) is 5.75 Å². The van der Waals surface area contributed by atoms with Crippen LogP contribution in [0.1, 0.15) is 6.42 Å². The van der Waals surface area contributed by atoms with Crippen LogP contribution in [0.4, 0.5) is 0 Å². The minimum atomic E-state index is -0.913. The molecule has 0 aromatic heterocycles. The molecular formula is C5H13KNNaO2S. The molecule has 6 heteroatoms. The average Bonchev–Trinajstić information content (AvgIpc) is 1.82. The van der Waals surface area contributed by atoms with Gasteiger partial charge in [-0.25, -0.2) is 0 Å². The van der Waals surface area contributed by atoms with Crippen molar-refractivity contribution in [2.75, 3.05) is 12.0 Å². The summed E-state index contributed by atoms with van der Waals surface area (Å²) in [6, 6.07) is -0.683. The predicted octanol–water partition coefficient (Wildman–Crippen LogP) is -1.15. The zero-order valence-electron chi connectivity index (χ0n) is 5.33. The van der Waals surface area contributed by atoms with Gasteiger partial charge in [0.25, 0.3) is 0 Å². The number of nitrogens with two attached hydrogens (primary N) is 1. The first kappa shape index (κ1) is 19.1. The van der Waals surface area contributed by atoms with Gasteiger partial charge in [-0.05, 0) is 18.4 Å². The molecular weight excluding hydrogens is 200 g/mol. The van der Waals surface area contributed by atoms with Crippen LogP contribution in [0, 0.1) is 0 Å². The molecule has 0 aliphatic heterocycles. The van der Waals surface area contributed by atoms with Crippen molar-refractivity contribution in [2.45, 2.75) is 12.5 Å². The molecule has 11 heavy (non-hydrogen) atoms. The monoisotopic (exact) mass is 213 g/mol. The third kappa shape index (κ3) is 12.4. The first-order valence-electron chi connectivity index (χ1n) is 2.65. The van der Waals surface area contributed by atoms with Gasteiger partial charge in [-0.15, -0.1) is 0 Å². The Labute approximate surface area is 136 Å². The Morgan fingerprint density at radius 3 is 2.45 bits per heavy atom. The molecule has 0 spiro atoms. The molecule has 0 aliphatic carbocycles. The number of carbonyl (C=O) groups is 1. The van der Waals surface area contributed by atoms with Crippen LogP contribution in [0.5, 0.6) is 0 Å². The molecule has 0 rings (SSSR count). The minimum absolute atomic E-state index is 0. The fraction of sp³-hybridized carbons (Fsp3) is 0.800. The van der Waals surface area contributed by atoms with E-state index in [0.29, 0.717) is 6.42 Å². The van der Waals surface area contributed by atoms with Crippen molar-refractivity contribution in [1.82, 2.24) is 0 Å². The fourth-order valence-corrected chi connectivity index (χ4v) is 0.858. The van der Waals surface area contributed by atoms with Gasteiger partial charge in [0.1, 0.15) is 6.04 Å². The van der Waals surface area contributed by atoms with Gasteiger partial charge >= 0.3 is 86.9 Å². The zero-order chi connectivity index (χ0) is 7.28. The van der Waals surface area contributed by atoms with Gasteiger partial charge in [0.2, 0.25) is 0 Å². The molecule has 0 saturated carbocycles. The third-order valence-electron chi connectivity index (χ3n) is 0.950. The van der Waals surface area contributed by atoms with Crippen LogP contribution < -0.4 is 5.73 Å². The maximum atomic E-state index is 10.1. The summed E-state index contributed by atoms with van der Waals surface area (Å²) in [7, 11) is 0. The second-order valence-electron chi connectivity index (χ2n) is 1.73. The van der Waals surface area contributed by atoms with Crippen molar-refractivity contribution in [1.29, 1.82) is 0 Å². The van der Waals surface area contributed by atoms with Gasteiger partial charge in [0, 0.05) is 0 Å². The molecule has 0 bridgehead atoms. The van der Waals surface area contributed by atoms with Crippen molar-refractivity contribution in [3.63, 3.8) is 0 Å². The molecule has 3 nitrogen and oxygen atoms in total. The number of aliphatic carboxylic acids is 1. The fourth-order valence-electron chi connectivity index (χ4n) is 0.368. The second-order valence-corrected chi connectivity index (χ2v) is 2.71. The van der Waals surface area contributed by atoms with Gasteiger partial charge in [-0.1, -0.05) is 0 Å². The van der Waals surface area contributed by atoms with Gasteiger partial charge < -0.3 is 10.8 Å². The third-order valence-corrected chi connectivity index (χ3v) is 1.59. The predicted molar refractivity (Wildman–Crippen MR) is 52.9 cm³/mol. The molecule has 0 aromatic carbocycles. The van der Waals surface area contributed by atoms with Crippen LogP contribution in [0.25, 0.3) is 0 Å². The summed E-state index contributed by atoms with van der Waals surface area (Å²) < 4.78 is 0.